The van der Waals surface area contributed by atoms with Crippen LogP contribution in [-0.2, 0) is 31.9 Å². The number of aryl methyl sites for hydroxylation is 6. The molecule has 0 radical (unpaired) electrons. The normalized spacial score (nSPS) is 12.9. The minimum atomic E-state index is -0.207. The van der Waals surface area contributed by atoms with Gasteiger partial charge >= 0.3 is 0 Å². The van der Waals surface area contributed by atoms with E-state index in [0.29, 0.717) is 11.5 Å². The molecule has 3 aromatic heterocycles. The molecule has 12 rings (SSSR count). The Morgan fingerprint density at radius 2 is 1.15 bits per heavy atom. The maximum atomic E-state index is 7.05. The second kappa shape index (κ2) is 18.7. The van der Waals surface area contributed by atoms with Gasteiger partial charge in [-0.3, -0.25) is 0 Å². The van der Waals surface area contributed by atoms with Crippen molar-refractivity contribution in [2.75, 3.05) is 9.80 Å². The monoisotopic (exact) mass is 1180 g/mol. The van der Waals surface area contributed by atoms with E-state index in [-0.39, 0.29) is 31.9 Å². The van der Waals surface area contributed by atoms with Gasteiger partial charge in [-0.25, -0.2) is 4.98 Å². The summed E-state index contributed by atoms with van der Waals surface area (Å²) in [5.74, 6) is 2.08. The van der Waals surface area contributed by atoms with E-state index >= 15 is 0 Å². The molecule has 5 nitrogen and oxygen atoms in total. The molecule has 0 amide bonds. The molecule has 1 aliphatic rings. The van der Waals surface area contributed by atoms with E-state index in [1.165, 1.54) is 86.8 Å². The van der Waals surface area contributed by atoms with Gasteiger partial charge in [-0.2, -0.15) is 6.07 Å². The zero-order valence-corrected chi connectivity index (χ0v) is 47.9. The molecule has 11 aromatic rings. The molecule has 0 unspecified atom stereocenters. The topological polar surface area (TPSA) is 33.5 Å². The van der Waals surface area contributed by atoms with E-state index in [0.717, 1.165) is 50.6 Å². The smallest absolute Gasteiger partial charge is 0.135 e. The molecule has 378 valence electrons. The van der Waals surface area contributed by atoms with Crippen LogP contribution in [0.2, 0.25) is 0 Å². The average Bonchev–Trinajstić information content (AvgIpc) is 4.06. The van der Waals surface area contributed by atoms with Crippen molar-refractivity contribution in [3.05, 3.63) is 209 Å². The molecule has 8 aromatic carbocycles. The van der Waals surface area contributed by atoms with Crippen LogP contribution in [0.4, 0.5) is 22.7 Å². The first kappa shape index (κ1) is 50.2. The third kappa shape index (κ3) is 8.65. The van der Waals surface area contributed by atoms with Crippen LogP contribution < -0.4 is 14.5 Å². The fourth-order valence-electron chi connectivity index (χ4n) is 11.7. The summed E-state index contributed by atoms with van der Waals surface area (Å²) in [6, 6.07) is 58.7. The summed E-state index contributed by atoms with van der Waals surface area (Å²) in [6.07, 6.45) is 1.93. The minimum absolute atomic E-state index is 0. The van der Waals surface area contributed by atoms with Crippen LogP contribution in [-0.4, -0.2) is 9.55 Å². The molecule has 7 heteroatoms. The summed E-state index contributed by atoms with van der Waals surface area (Å²) in [7, 11) is 0. The van der Waals surface area contributed by atoms with Gasteiger partial charge in [0.25, 0.3) is 0 Å². The van der Waals surface area contributed by atoms with Crippen LogP contribution in [0.3, 0.4) is 0 Å². The predicted octanol–water partition coefficient (Wildman–Crippen LogP) is 19.1. The van der Waals surface area contributed by atoms with Crippen LogP contribution in [0.15, 0.2) is 146 Å². The quantitative estimate of drug-likeness (QED) is 0.149. The number of pyridine rings is 1. The fourth-order valence-corrected chi connectivity index (χ4v) is 12.9. The Bertz CT molecular complexity index is 3970. The molecule has 0 fully saturated rings. The summed E-state index contributed by atoms with van der Waals surface area (Å²) in [5.41, 5.74) is 20.7. The van der Waals surface area contributed by atoms with Gasteiger partial charge < -0.3 is 19.1 Å². The van der Waals surface area contributed by atoms with Crippen molar-refractivity contribution >= 4 is 76.1 Å². The van der Waals surface area contributed by atoms with E-state index in [9.17, 15) is 0 Å². The molecule has 0 aliphatic carbocycles. The van der Waals surface area contributed by atoms with Crippen molar-refractivity contribution in [1.82, 2.24) is 9.55 Å². The van der Waals surface area contributed by atoms with Crippen molar-refractivity contribution in [2.45, 2.75) is 93.9 Å². The number of fused-ring (bicyclic) bond motifs is 8. The van der Waals surface area contributed by atoms with Crippen LogP contribution in [0.25, 0.3) is 70.0 Å². The number of benzene rings is 8. The number of rotatable bonds is 7. The third-order valence-electron chi connectivity index (χ3n) is 15.0. The molecule has 4 heterocycles. The Morgan fingerprint density at radius 3 is 1.79 bits per heavy atom. The minimum Gasteiger partial charge on any atom is -0.509 e. The van der Waals surface area contributed by atoms with E-state index in [1.54, 1.807) is 0 Å². The first-order chi connectivity index (χ1) is 35.4. The largest absolute Gasteiger partial charge is 0.509 e. The number of para-hydroxylation sites is 3. The zero-order valence-electron chi connectivity index (χ0n) is 44.9. The van der Waals surface area contributed by atoms with Crippen LogP contribution in [0.1, 0.15) is 86.1 Å². The number of thiophene rings is 1. The SMILES string of the molecule is Cc1cc(C)c(-c2cccc(-c3c(C)cc(C)cc3C)c2N2[CH-]N(c3[c-]c(Oc4[c-]c5c(cc4)c4c6sc7ccccc7c6ccc4n5-c4cc(C(C)(C)C)ccn4)cc(C(C)(C)C)c3)c3ccccc32)c(C)c1.[Pt]. The number of ether oxygens (including phenoxy) is 1. The van der Waals surface area contributed by atoms with Crippen LogP contribution in [0, 0.1) is 60.3 Å². The van der Waals surface area contributed by atoms with Gasteiger partial charge in [-0.1, -0.05) is 137 Å². The molecule has 0 bridgehead atoms. The standard InChI is InChI=1S/C68H61N4OS.Pt/c1-40-30-42(3)62(43(4)31-40)54-19-17-20-55(63-44(5)32-41(2)33-45(63)6)65(54)71-39-70(56-21-14-15-22-57(56)71)48-34-47(68(10,11)12)35-50(37-48)73-49-24-25-53-59(38-49)72(61-36-46(28-29-69-61)67(7,8)9)58-27-26-52-51-18-13-16-23-60(51)74-66(52)64(53)58;/h13-36,39H,1-12H3;/q-3;. The molecular weight excluding hydrogens is 1120 g/mol. The van der Waals surface area contributed by atoms with Gasteiger partial charge in [0.05, 0.1) is 0 Å². The molecule has 0 saturated heterocycles. The van der Waals surface area contributed by atoms with Gasteiger partial charge in [-0.05, 0) is 133 Å². The number of hydrogen-bond acceptors (Lipinski definition) is 5. The van der Waals surface area contributed by atoms with Crippen LogP contribution in [0.5, 0.6) is 11.5 Å². The molecule has 0 spiro atoms. The molecule has 0 saturated carbocycles. The van der Waals surface area contributed by atoms with Crippen LogP contribution >= 0.6 is 11.3 Å². The second-order valence-corrected chi connectivity index (χ2v) is 23.6. The van der Waals surface area contributed by atoms with E-state index in [4.69, 9.17) is 9.72 Å². The van der Waals surface area contributed by atoms with Crippen molar-refractivity contribution in [3.8, 4) is 39.6 Å². The summed E-state index contributed by atoms with van der Waals surface area (Å²) >= 11 is 1.85. The van der Waals surface area contributed by atoms with E-state index in [2.05, 4.69) is 256 Å². The fraction of sp³-hybridized carbons (Fsp3) is 0.206. The molecule has 0 N–H and O–H groups in total. The number of nitrogens with zero attached hydrogens (tertiary/aromatic N) is 4. The van der Waals surface area contributed by atoms with Crippen molar-refractivity contribution in [3.63, 3.8) is 0 Å². The Balaban J connectivity index is 0.00000602. The third-order valence-corrected chi connectivity index (χ3v) is 16.2. The summed E-state index contributed by atoms with van der Waals surface area (Å²) in [5, 5.41) is 4.84. The molecular formula is C68H61N4OPtS-3. The number of aromatic nitrogens is 2. The number of hydrogen-bond donors (Lipinski definition) is 0. The Hall–Kier alpha value is -6.98. The number of anilines is 4. The maximum Gasteiger partial charge on any atom is 0.135 e. The van der Waals surface area contributed by atoms with Crippen molar-refractivity contribution < 1.29 is 25.8 Å². The summed E-state index contributed by atoms with van der Waals surface area (Å²) < 4.78 is 11.9. The van der Waals surface area contributed by atoms with Gasteiger partial charge in [0.2, 0.25) is 0 Å². The molecule has 1 aliphatic heterocycles. The van der Waals surface area contributed by atoms with E-state index < -0.39 is 0 Å². The van der Waals surface area contributed by atoms with Crippen molar-refractivity contribution in [2.24, 2.45) is 0 Å². The average molecular weight is 1180 g/mol. The van der Waals surface area contributed by atoms with E-state index in [1.807, 2.05) is 17.5 Å². The van der Waals surface area contributed by atoms with Gasteiger partial charge in [0.1, 0.15) is 5.82 Å². The first-order valence-electron chi connectivity index (χ1n) is 25.8. The molecule has 75 heavy (non-hydrogen) atoms. The Morgan fingerprint density at radius 1 is 0.547 bits per heavy atom. The Labute approximate surface area is 460 Å². The second-order valence-electron chi connectivity index (χ2n) is 22.6. The van der Waals surface area contributed by atoms with Crippen molar-refractivity contribution in [1.29, 1.82) is 0 Å². The molecule has 0 atom stereocenters. The maximum absolute atomic E-state index is 7.05. The van der Waals surface area contributed by atoms with Gasteiger partial charge in [0, 0.05) is 92.6 Å². The van der Waals surface area contributed by atoms with Gasteiger partial charge in [0.15, 0.2) is 0 Å². The summed E-state index contributed by atoms with van der Waals surface area (Å²) in [4.78, 5) is 9.73. The first-order valence-corrected chi connectivity index (χ1v) is 26.6. The predicted molar refractivity (Wildman–Crippen MR) is 314 cm³/mol. The zero-order chi connectivity index (χ0) is 51.5. The Kier molecular flexibility index (Phi) is 12.5. The summed E-state index contributed by atoms with van der Waals surface area (Å²) in [6.45, 7) is 29.1. The van der Waals surface area contributed by atoms with Gasteiger partial charge in [-0.15, -0.1) is 65.0 Å².